The fraction of sp³-hybridized carbons (Fsp3) is 0.308. The molecule has 0 spiro atoms. The molecule has 182 valence electrons. The minimum absolute atomic E-state index is 0.0657. The number of carboxylic acids is 1. The number of hydrogen-bond acceptors (Lipinski definition) is 5. The Labute approximate surface area is 202 Å². The van der Waals surface area contributed by atoms with Crippen LogP contribution in [0, 0.1) is 0 Å². The number of imidazole rings is 1. The molecule has 0 saturated heterocycles. The minimum Gasteiger partial charge on any atom is -0.481 e. The molecule has 4 N–H and O–H groups in total. The number of carbonyl (C=O) groups excluding carboxylic acids is 2. The van der Waals surface area contributed by atoms with E-state index in [1.807, 2.05) is 55.5 Å². The standard InChI is InChI=1S/C26H28N4O5/c1-2-16-13-27-23(29-16)14-28-25(33)22(11-12-24(31)32)30-26(34)35-15-21-19-9-5-3-7-17(19)18-8-4-6-10-20(18)21/h3-10,13,21-22H,2,11-12,14-15H2,1H3,(H,27,29)(H,28,33)(H,30,34)(H,31,32). The molecule has 35 heavy (non-hydrogen) atoms. The normalized spacial score (nSPS) is 12.9. The van der Waals surface area contributed by atoms with Gasteiger partial charge in [-0.25, -0.2) is 9.78 Å². The molecule has 2 amide bonds. The molecule has 9 nitrogen and oxygen atoms in total. The summed E-state index contributed by atoms with van der Waals surface area (Å²) in [6, 6.07) is 14.9. The molecule has 0 fully saturated rings. The lowest BCUT2D eigenvalue weighted by molar-refractivity contribution is -0.137. The number of aliphatic carboxylic acids is 1. The monoisotopic (exact) mass is 476 g/mol. The van der Waals surface area contributed by atoms with E-state index in [2.05, 4.69) is 20.6 Å². The van der Waals surface area contributed by atoms with Gasteiger partial charge in [0.15, 0.2) is 0 Å². The van der Waals surface area contributed by atoms with Crippen molar-refractivity contribution in [1.29, 1.82) is 0 Å². The molecular formula is C26H28N4O5. The maximum Gasteiger partial charge on any atom is 0.407 e. The Morgan fingerprint density at radius 1 is 1.09 bits per heavy atom. The number of ether oxygens (including phenoxy) is 1. The van der Waals surface area contributed by atoms with Gasteiger partial charge in [-0.3, -0.25) is 9.59 Å². The van der Waals surface area contributed by atoms with Gasteiger partial charge in [-0.2, -0.15) is 0 Å². The molecule has 0 bridgehead atoms. The Balaban J connectivity index is 1.38. The molecular weight excluding hydrogens is 448 g/mol. The van der Waals surface area contributed by atoms with E-state index in [9.17, 15) is 14.4 Å². The Hall–Kier alpha value is -4.14. The largest absolute Gasteiger partial charge is 0.481 e. The molecule has 0 aliphatic heterocycles. The van der Waals surface area contributed by atoms with Gasteiger partial charge in [0.25, 0.3) is 0 Å². The SMILES string of the molecule is CCc1cnc(CNC(=O)C(CCC(=O)O)NC(=O)OCC2c3ccccc3-c3ccccc32)[nH]1. The summed E-state index contributed by atoms with van der Waals surface area (Å²) < 4.78 is 5.51. The van der Waals surface area contributed by atoms with Crippen LogP contribution >= 0.6 is 0 Å². The first-order valence-electron chi connectivity index (χ1n) is 11.6. The van der Waals surface area contributed by atoms with Crippen LogP contribution in [0.15, 0.2) is 54.7 Å². The molecule has 4 rings (SSSR count). The number of carbonyl (C=O) groups is 3. The summed E-state index contributed by atoms with van der Waals surface area (Å²) in [6.45, 7) is 2.21. The Morgan fingerprint density at radius 2 is 1.74 bits per heavy atom. The number of benzene rings is 2. The van der Waals surface area contributed by atoms with Gasteiger partial charge in [-0.1, -0.05) is 55.5 Å². The van der Waals surface area contributed by atoms with Crippen molar-refractivity contribution in [3.8, 4) is 11.1 Å². The fourth-order valence-corrected chi connectivity index (χ4v) is 4.29. The highest BCUT2D eigenvalue weighted by Crippen LogP contribution is 2.44. The smallest absolute Gasteiger partial charge is 0.407 e. The number of fused-ring (bicyclic) bond motifs is 3. The number of H-pyrrole nitrogens is 1. The predicted octanol–water partition coefficient (Wildman–Crippen LogP) is 3.36. The summed E-state index contributed by atoms with van der Waals surface area (Å²) in [4.78, 5) is 43.7. The van der Waals surface area contributed by atoms with Crippen molar-refractivity contribution in [2.24, 2.45) is 0 Å². The van der Waals surface area contributed by atoms with Crippen LogP contribution in [0.4, 0.5) is 4.79 Å². The Bertz CT molecular complexity index is 1180. The van der Waals surface area contributed by atoms with E-state index in [1.165, 1.54) is 0 Å². The van der Waals surface area contributed by atoms with Crippen molar-refractivity contribution in [3.63, 3.8) is 0 Å². The number of rotatable bonds is 10. The van der Waals surface area contributed by atoms with Gasteiger partial charge in [-0.05, 0) is 35.1 Å². The number of aryl methyl sites for hydroxylation is 1. The second-order valence-corrected chi connectivity index (χ2v) is 8.38. The number of amides is 2. The number of aromatic amines is 1. The van der Waals surface area contributed by atoms with Gasteiger partial charge < -0.3 is 25.5 Å². The van der Waals surface area contributed by atoms with Crippen molar-refractivity contribution in [2.75, 3.05) is 6.61 Å². The van der Waals surface area contributed by atoms with Crippen LogP contribution in [0.5, 0.6) is 0 Å². The quantitative estimate of drug-likeness (QED) is 0.355. The van der Waals surface area contributed by atoms with Crippen molar-refractivity contribution in [3.05, 3.63) is 77.4 Å². The van der Waals surface area contributed by atoms with Crippen LogP contribution in [0.3, 0.4) is 0 Å². The molecule has 1 aromatic heterocycles. The summed E-state index contributed by atoms with van der Waals surface area (Å²) >= 11 is 0. The van der Waals surface area contributed by atoms with Gasteiger partial charge in [0.1, 0.15) is 18.5 Å². The van der Waals surface area contributed by atoms with Crippen LogP contribution in [-0.2, 0) is 27.3 Å². The average Bonchev–Trinajstić information content (AvgIpc) is 3.46. The van der Waals surface area contributed by atoms with Crippen LogP contribution in [0.25, 0.3) is 11.1 Å². The van der Waals surface area contributed by atoms with E-state index >= 15 is 0 Å². The van der Waals surface area contributed by atoms with Crippen molar-refractivity contribution >= 4 is 18.0 Å². The number of aromatic nitrogens is 2. The van der Waals surface area contributed by atoms with E-state index in [0.29, 0.717) is 5.82 Å². The van der Waals surface area contributed by atoms with E-state index in [-0.39, 0.29) is 31.9 Å². The zero-order chi connectivity index (χ0) is 24.8. The van der Waals surface area contributed by atoms with Crippen molar-refractivity contribution in [1.82, 2.24) is 20.6 Å². The number of nitrogens with zero attached hydrogens (tertiary/aromatic N) is 1. The summed E-state index contributed by atoms with van der Waals surface area (Å²) in [5, 5.41) is 14.3. The molecule has 0 saturated carbocycles. The van der Waals surface area contributed by atoms with Crippen LogP contribution < -0.4 is 10.6 Å². The maximum absolute atomic E-state index is 12.7. The third-order valence-corrected chi connectivity index (χ3v) is 6.09. The van der Waals surface area contributed by atoms with Crippen LogP contribution in [-0.4, -0.2) is 45.7 Å². The molecule has 9 heteroatoms. The zero-order valence-electron chi connectivity index (χ0n) is 19.4. The number of nitrogens with one attached hydrogen (secondary N) is 3. The first kappa shape index (κ1) is 24.0. The highest BCUT2D eigenvalue weighted by molar-refractivity contribution is 5.86. The average molecular weight is 477 g/mol. The summed E-state index contributed by atoms with van der Waals surface area (Å²) in [5.41, 5.74) is 5.31. The van der Waals surface area contributed by atoms with Crippen LogP contribution in [0.1, 0.15) is 48.3 Å². The maximum atomic E-state index is 12.7. The van der Waals surface area contributed by atoms with E-state index in [1.54, 1.807) is 6.20 Å². The molecule has 2 aromatic carbocycles. The predicted molar refractivity (Wildman–Crippen MR) is 129 cm³/mol. The molecule has 1 atom stereocenters. The van der Waals surface area contributed by atoms with Gasteiger partial charge in [0.2, 0.25) is 5.91 Å². The number of hydrogen-bond donors (Lipinski definition) is 4. The van der Waals surface area contributed by atoms with Crippen molar-refractivity contribution in [2.45, 2.75) is 44.7 Å². The molecule has 1 heterocycles. The van der Waals surface area contributed by atoms with Gasteiger partial charge in [0.05, 0.1) is 6.54 Å². The first-order valence-corrected chi connectivity index (χ1v) is 11.6. The highest BCUT2D eigenvalue weighted by atomic mass is 16.5. The number of carboxylic acid groups (broad SMARTS) is 1. The van der Waals surface area contributed by atoms with E-state index < -0.39 is 24.0 Å². The lowest BCUT2D eigenvalue weighted by Crippen LogP contribution is -2.47. The molecule has 1 unspecified atom stereocenters. The molecule has 0 radical (unpaired) electrons. The third kappa shape index (κ3) is 5.68. The van der Waals surface area contributed by atoms with E-state index in [0.717, 1.165) is 34.4 Å². The lowest BCUT2D eigenvalue weighted by Gasteiger charge is -2.19. The first-order chi connectivity index (χ1) is 17.0. The highest BCUT2D eigenvalue weighted by Gasteiger charge is 2.30. The minimum atomic E-state index is -1.06. The summed E-state index contributed by atoms with van der Waals surface area (Å²) in [6.07, 6.45) is 1.36. The molecule has 1 aliphatic rings. The summed E-state index contributed by atoms with van der Waals surface area (Å²) in [7, 11) is 0. The van der Waals surface area contributed by atoms with Gasteiger partial charge >= 0.3 is 12.1 Å². The fourth-order valence-electron chi connectivity index (χ4n) is 4.29. The topological polar surface area (TPSA) is 133 Å². The lowest BCUT2D eigenvalue weighted by atomic mass is 9.98. The molecule has 1 aliphatic carbocycles. The van der Waals surface area contributed by atoms with Gasteiger partial charge in [0, 0.05) is 24.2 Å². The molecule has 3 aromatic rings. The van der Waals surface area contributed by atoms with Gasteiger partial charge in [-0.15, -0.1) is 0 Å². The summed E-state index contributed by atoms with van der Waals surface area (Å²) in [5.74, 6) is -1.11. The van der Waals surface area contributed by atoms with E-state index in [4.69, 9.17) is 9.84 Å². The van der Waals surface area contributed by atoms with Crippen LogP contribution in [0.2, 0.25) is 0 Å². The Morgan fingerprint density at radius 3 is 2.34 bits per heavy atom. The number of alkyl carbamates (subject to hydrolysis) is 1. The second-order valence-electron chi connectivity index (χ2n) is 8.38. The third-order valence-electron chi connectivity index (χ3n) is 6.09. The van der Waals surface area contributed by atoms with Crippen molar-refractivity contribution < 1.29 is 24.2 Å². The zero-order valence-corrected chi connectivity index (χ0v) is 19.4. The Kier molecular flexibility index (Phi) is 7.45. The second kappa shape index (κ2) is 10.9.